The van der Waals surface area contributed by atoms with Crippen LogP contribution in [-0.2, 0) is 5.41 Å². The minimum absolute atomic E-state index is 0.375. The quantitative estimate of drug-likeness (QED) is 0.811. The van der Waals surface area contributed by atoms with Crippen molar-refractivity contribution >= 4 is 11.5 Å². The Kier molecular flexibility index (Phi) is 2.62. The molecule has 0 bridgehead atoms. The lowest BCUT2D eigenvalue weighted by molar-refractivity contribution is 0.475. The molecule has 78 valence electrons. The fourth-order valence-corrected chi connectivity index (χ4v) is 3.28. The Morgan fingerprint density at radius 1 is 1.64 bits per heavy atom. The summed E-state index contributed by atoms with van der Waals surface area (Å²) in [6, 6.07) is 2.95. The molecule has 1 N–H and O–H groups in total. The van der Waals surface area contributed by atoms with Gasteiger partial charge in [0.2, 0.25) is 0 Å². The molecule has 0 amide bonds. The molecule has 1 fully saturated rings. The third-order valence-corrected chi connectivity index (χ3v) is 4.56. The van der Waals surface area contributed by atoms with E-state index >= 15 is 0 Å². The predicted molar refractivity (Wildman–Crippen MR) is 60.9 cm³/mol. The predicted octanol–water partition coefficient (Wildman–Crippen LogP) is 2.48. The second kappa shape index (κ2) is 3.63. The van der Waals surface area contributed by atoms with E-state index < -0.39 is 0 Å². The molecule has 1 aliphatic carbocycles. The Labute approximate surface area is 89.9 Å². The molecule has 0 saturated heterocycles. The average Bonchev–Trinajstić information content (AvgIpc) is 2.73. The molecule has 0 aromatic carbocycles. The zero-order valence-corrected chi connectivity index (χ0v) is 9.95. The normalized spacial score (nSPS) is 32.4. The largest absolute Gasteiger partial charge is 0.317 e. The van der Waals surface area contributed by atoms with Gasteiger partial charge in [-0.1, -0.05) is 6.92 Å². The number of nitrogens with zero attached hydrogens (tertiary/aromatic N) is 1. The van der Waals surface area contributed by atoms with E-state index in [2.05, 4.69) is 36.7 Å². The van der Waals surface area contributed by atoms with Crippen molar-refractivity contribution < 1.29 is 0 Å². The van der Waals surface area contributed by atoms with Gasteiger partial charge in [-0.3, -0.25) is 0 Å². The van der Waals surface area contributed by atoms with Crippen molar-refractivity contribution in [3.63, 3.8) is 0 Å². The Hall–Kier alpha value is -0.410. The molecule has 0 aliphatic heterocycles. The standard InChI is InChI=1S/C11H18N2S/c1-8-6-10(14-13-8)11(2)5-4-9(7-11)12-3/h6,9,12H,4-5,7H2,1-3H3. The zero-order chi connectivity index (χ0) is 10.2. The lowest BCUT2D eigenvalue weighted by Gasteiger charge is -2.21. The Bertz CT molecular complexity index is 321. The summed E-state index contributed by atoms with van der Waals surface area (Å²) in [5.41, 5.74) is 1.54. The van der Waals surface area contributed by atoms with E-state index in [0.717, 1.165) is 0 Å². The number of rotatable bonds is 2. The van der Waals surface area contributed by atoms with Crippen molar-refractivity contribution in [1.82, 2.24) is 9.69 Å². The van der Waals surface area contributed by atoms with E-state index in [1.807, 2.05) is 0 Å². The molecule has 0 spiro atoms. The summed E-state index contributed by atoms with van der Waals surface area (Å²) in [6.45, 7) is 4.45. The van der Waals surface area contributed by atoms with Gasteiger partial charge in [-0.15, -0.1) is 0 Å². The maximum Gasteiger partial charge on any atom is 0.0514 e. The molecule has 2 unspecified atom stereocenters. The van der Waals surface area contributed by atoms with Crippen LogP contribution in [0.1, 0.15) is 36.8 Å². The van der Waals surface area contributed by atoms with Crippen LogP contribution in [0.4, 0.5) is 0 Å². The monoisotopic (exact) mass is 210 g/mol. The van der Waals surface area contributed by atoms with Crippen molar-refractivity contribution in [2.75, 3.05) is 7.05 Å². The maximum absolute atomic E-state index is 4.38. The Morgan fingerprint density at radius 2 is 2.43 bits per heavy atom. The fraction of sp³-hybridized carbons (Fsp3) is 0.727. The highest BCUT2D eigenvalue weighted by molar-refractivity contribution is 7.06. The van der Waals surface area contributed by atoms with Crippen LogP contribution in [0.3, 0.4) is 0 Å². The van der Waals surface area contributed by atoms with Crippen LogP contribution in [-0.4, -0.2) is 17.5 Å². The second-order valence-corrected chi connectivity index (χ2v) is 5.43. The summed E-state index contributed by atoms with van der Waals surface area (Å²) >= 11 is 1.68. The average molecular weight is 210 g/mol. The molecule has 1 aromatic rings. The van der Waals surface area contributed by atoms with Gasteiger partial charge in [0.25, 0.3) is 0 Å². The second-order valence-electron chi connectivity index (χ2n) is 4.62. The summed E-state index contributed by atoms with van der Waals surface area (Å²) < 4.78 is 4.38. The Morgan fingerprint density at radius 3 is 2.93 bits per heavy atom. The van der Waals surface area contributed by atoms with Gasteiger partial charge < -0.3 is 5.32 Å². The molecule has 2 rings (SSSR count). The van der Waals surface area contributed by atoms with Gasteiger partial charge >= 0.3 is 0 Å². The first-order valence-electron chi connectivity index (χ1n) is 5.25. The lowest BCUT2D eigenvalue weighted by Crippen LogP contribution is -2.25. The van der Waals surface area contributed by atoms with Crippen LogP contribution in [0.2, 0.25) is 0 Å². The van der Waals surface area contributed by atoms with Crippen molar-refractivity contribution in [3.05, 3.63) is 16.6 Å². The SMILES string of the molecule is CNC1CCC(C)(c2cc(C)ns2)C1. The first-order valence-corrected chi connectivity index (χ1v) is 6.02. The highest BCUT2D eigenvalue weighted by Crippen LogP contribution is 2.42. The topological polar surface area (TPSA) is 24.9 Å². The number of aryl methyl sites for hydroxylation is 1. The van der Waals surface area contributed by atoms with E-state index in [0.29, 0.717) is 11.5 Å². The van der Waals surface area contributed by atoms with Gasteiger partial charge in [0, 0.05) is 16.3 Å². The smallest absolute Gasteiger partial charge is 0.0514 e. The van der Waals surface area contributed by atoms with Crippen LogP contribution in [0.5, 0.6) is 0 Å². The number of hydrogen-bond donors (Lipinski definition) is 1. The van der Waals surface area contributed by atoms with Crippen LogP contribution in [0.25, 0.3) is 0 Å². The van der Waals surface area contributed by atoms with Gasteiger partial charge in [0.15, 0.2) is 0 Å². The van der Waals surface area contributed by atoms with Crippen LogP contribution in [0, 0.1) is 6.92 Å². The van der Waals surface area contributed by atoms with Crippen LogP contribution < -0.4 is 5.32 Å². The first kappa shape index (κ1) is 10.1. The Balaban J connectivity index is 2.18. The third kappa shape index (κ3) is 1.71. The molecule has 14 heavy (non-hydrogen) atoms. The molecule has 1 saturated carbocycles. The molecule has 0 radical (unpaired) electrons. The van der Waals surface area contributed by atoms with E-state index in [1.54, 1.807) is 11.5 Å². The highest BCUT2D eigenvalue weighted by atomic mass is 32.1. The molecule has 2 nitrogen and oxygen atoms in total. The van der Waals surface area contributed by atoms with E-state index in [9.17, 15) is 0 Å². The van der Waals surface area contributed by atoms with Gasteiger partial charge in [0.1, 0.15) is 0 Å². The van der Waals surface area contributed by atoms with Gasteiger partial charge in [-0.05, 0) is 50.8 Å². The summed E-state index contributed by atoms with van der Waals surface area (Å²) in [4.78, 5) is 1.47. The third-order valence-electron chi connectivity index (χ3n) is 3.37. The van der Waals surface area contributed by atoms with Crippen LogP contribution in [0.15, 0.2) is 6.07 Å². The first-order chi connectivity index (χ1) is 6.64. The maximum atomic E-state index is 4.38. The van der Waals surface area contributed by atoms with E-state index in [-0.39, 0.29) is 0 Å². The van der Waals surface area contributed by atoms with E-state index in [4.69, 9.17) is 0 Å². The minimum Gasteiger partial charge on any atom is -0.317 e. The minimum atomic E-state index is 0.375. The van der Waals surface area contributed by atoms with Crippen LogP contribution >= 0.6 is 11.5 Å². The van der Waals surface area contributed by atoms with Crippen molar-refractivity contribution in [3.8, 4) is 0 Å². The molecule has 1 heterocycles. The molecular formula is C11H18N2S. The summed E-state index contributed by atoms with van der Waals surface area (Å²) in [6.07, 6.45) is 3.84. The van der Waals surface area contributed by atoms with Crippen molar-refractivity contribution in [1.29, 1.82) is 0 Å². The molecule has 1 aliphatic rings. The fourth-order valence-electron chi connectivity index (χ4n) is 2.36. The summed E-state index contributed by atoms with van der Waals surface area (Å²) in [5.74, 6) is 0. The number of aromatic nitrogens is 1. The number of nitrogens with one attached hydrogen (secondary N) is 1. The molecule has 2 atom stereocenters. The van der Waals surface area contributed by atoms with Crippen molar-refractivity contribution in [2.24, 2.45) is 0 Å². The van der Waals surface area contributed by atoms with Gasteiger partial charge in [-0.25, -0.2) is 0 Å². The van der Waals surface area contributed by atoms with Gasteiger partial charge in [-0.2, -0.15) is 4.37 Å². The summed E-state index contributed by atoms with van der Waals surface area (Å²) in [7, 11) is 2.06. The van der Waals surface area contributed by atoms with E-state index in [1.165, 1.54) is 29.8 Å². The molecule has 3 heteroatoms. The molecular weight excluding hydrogens is 192 g/mol. The summed E-state index contributed by atoms with van der Waals surface area (Å²) in [5, 5.41) is 3.38. The lowest BCUT2D eigenvalue weighted by atomic mass is 9.86. The van der Waals surface area contributed by atoms with Crippen molar-refractivity contribution in [2.45, 2.75) is 44.6 Å². The highest BCUT2D eigenvalue weighted by Gasteiger charge is 2.37. The van der Waals surface area contributed by atoms with Gasteiger partial charge in [0.05, 0.1) is 5.69 Å². The molecule has 1 aromatic heterocycles. The zero-order valence-electron chi connectivity index (χ0n) is 9.13. The number of hydrogen-bond acceptors (Lipinski definition) is 3.